The lowest BCUT2D eigenvalue weighted by molar-refractivity contribution is -0.125. The number of amides is 1. The van der Waals surface area contributed by atoms with E-state index in [4.69, 9.17) is 5.11 Å². The van der Waals surface area contributed by atoms with Crippen molar-refractivity contribution >= 4 is 11.6 Å². The molecule has 2 N–H and O–H groups in total. The highest BCUT2D eigenvalue weighted by atomic mass is 19.1. The van der Waals surface area contributed by atoms with Crippen molar-refractivity contribution in [3.63, 3.8) is 0 Å². The molecule has 1 heterocycles. The van der Waals surface area contributed by atoms with Gasteiger partial charge in [-0.3, -0.25) is 4.79 Å². The zero-order valence-electron chi connectivity index (χ0n) is 12.8. The third-order valence-electron chi connectivity index (χ3n) is 3.84. The summed E-state index contributed by atoms with van der Waals surface area (Å²) >= 11 is 0. The Bertz CT molecular complexity index is 768. The van der Waals surface area contributed by atoms with Crippen LogP contribution in [0.25, 0.3) is 0 Å². The van der Waals surface area contributed by atoms with Crippen molar-refractivity contribution in [2.45, 2.75) is 6.42 Å². The molecule has 6 heteroatoms. The van der Waals surface area contributed by atoms with E-state index >= 15 is 0 Å². The van der Waals surface area contributed by atoms with Crippen LogP contribution >= 0.6 is 0 Å². The van der Waals surface area contributed by atoms with Crippen LogP contribution in [0.3, 0.4) is 0 Å². The largest absolute Gasteiger partial charge is 0.503 e. The van der Waals surface area contributed by atoms with Gasteiger partial charge in [0.25, 0.3) is 5.91 Å². The summed E-state index contributed by atoms with van der Waals surface area (Å²) in [7, 11) is 0. The number of hydrogen-bond donors (Lipinski definition) is 2. The van der Waals surface area contributed by atoms with E-state index in [1.54, 1.807) is 11.0 Å². The molecule has 2 aromatic carbocycles. The predicted octanol–water partition coefficient (Wildman–Crippen LogP) is 3.05. The number of carbonyl (C=O) groups excluding carboxylic acids is 1. The molecule has 24 heavy (non-hydrogen) atoms. The van der Waals surface area contributed by atoms with Crippen LogP contribution in [0.1, 0.15) is 5.56 Å². The van der Waals surface area contributed by atoms with Crippen LogP contribution in [0.2, 0.25) is 0 Å². The van der Waals surface area contributed by atoms with Gasteiger partial charge < -0.3 is 15.3 Å². The lowest BCUT2D eigenvalue weighted by atomic mass is 10.1. The Balaban J connectivity index is 1.62. The van der Waals surface area contributed by atoms with Gasteiger partial charge in [0.05, 0.1) is 0 Å². The minimum atomic E-state index is -1.08. The zero-order chi connectivity index (χ0) is 17.1. The Hall–Kier alpha value is -2.89. The minimum absolute atomic E-state index is 0.0762. The highest BCUT2D eigenvalue weighted by molar-refractivity contribution is 5.98. The Morgan fingerprint density at radius 2 is 1.79 bits per heavy atom. The molecule has 0 atom stereocenters. The normalized spacial score (nSPS) is 14.0. The van der Waals surface area contributed by atoms with Gasteiger partial charge in [-0.25, -0.2) is 8.78 Å². The smallest absolute Gasteiger partial charge is 0.270 e. The van der Waals surface area contributed by atoms with E-state index in [0.717, 1.165) is 24.1 Å². The van der Waals surface area contributed by atoms with Crippen molar-refractivity contribution < 1.29 is 18.7 Å². The number of nitrogens with one attached hydrogen (secondary N) is 1. The maximum absolute atomic E-state index is 13.4. The standard InChI is InChI=1S/C18H16F2N2O2/c19-14-10-13(11-15(20)17(14)23)21-16-7-9-22(18(16)24)8-6-12-4-2-1-3-5-12/h1-5,7,10-11,21,23H,6,8-9H2. The topological polar surface area (TPSA) is 52.6 Å². The number of hydrogen-bond acceptors (Lipinski definition) is 3. The molecule has 4 nitrogen and oxygen atoms in total. The van der Waals surface area contributed by atoms with Crippen molar-refractivity contribution in [1.82, 2.24) is 4.90 Å². The summed E-state index contributed by atoms with van der Waals surface area (Å²) in [5, 5.41) is 11.8. The van der Waals surface area contributed by atoms with Gasteiger partial charge in [-0.1, -0.05) is 30.3 Å². The number of carbonyl (C=O) groups is 1. The first-order valence-corrected chi connectivity index (χ1v) is 7.53. The Morgan fingerprint density at radius 1 is 1.12 bits per heavy atom. The van der Waals surface area contributed by atoms with Crippen LogP contribution < -0.4 is 5.32 Å². The Labute approximate surface area is 138 Å². The lowest BCUT2D eigenvalue weighted by Crippen LogP contribution is -2.30. The molecular weight excluding hydrogens is 314 g/mol. The second-order valence-corrected chi connectivity index (χ2v) is 5.52. The van der Waals surface area contributed by atoms with Gasteiger partial charge in [-0.15, -0.1) is 0 Å². The van der Waals surface area contributed by atoms with Crippen molar-refractivity contribution in [1.29, 1.82) is 0 Å². The molecule has 0 bridgehead atoms. The number of benzene rings is 2. The second kappa shape index (κ2) is 6.70. The van der Waals surface area contributed by atoms with Crippen molar-refractivity contribution in [3.8, 4) is 5.75 Å². The quantitative estimate of drug-likeness (QED) is 0.829. The zero-order valence-corrected chi connectivity index (χ0v) is 12.8. The van der Waals surface area contributed by atoms with Gasteiger partial charge >= 0.3 is 0 Å². The second-order valence-electron chi connectivity index (χ2n) is 5.52. The number of phenolic OH excluding ortho intramolecular Hbond substituents is 1. The van der Waals surface area contributed by atoms with Crippen LogP contribution in [-0.2, 0) is 11.2 Å². The fraction of sp³-hybridized carbons (Fsp3) is 0.167. The summed E-state index contributed by atoms with van der Waals surface area (Å²) in [6.07, 6.45) is 2.41. The molecule has 1 aliphatic rings. The average Bonchev–Trinajstić information content (AvgIpc) is 2.92. The molecule has 0 aromatic heterocycles. The molecule has 0 fully saturated rings. The van der Waals surface area contributed by atoms with Crippen LogP contribution in [0.5, 0.6) is 5.75 Å². The lowest BCUT2D eigenvalue weighted by Gasteiger charge is -2.17. The third-order valence-corrected chi connectivity index (χ3v) is 3.84. The van der Waals surface area contributed by atoms with Crippen LogP contribution in [0.4, 0.5) is 14.5 Å². The van der Waals surface area contributed by atoms with Crippen molar-refractivity contribution in [3.05, 3.63) is 71.4 Å². The SMILES string of the molecule is O=C1C(Nc2cc(F)c(O)c(F)c2)=CCN1CCc1ccccc1. The highest BCUT2D eigenvalue weighted by Gasteiger charge is 2.24. The Kier molecular flexibility index (Phi) is 4.46. The third kappa shape index (κ3) is 3.37. The molecule has 2 aromatic rings. The van der Waals surface area contributed by atoms with E-state index in [1.807, 2.05) is 30.3 Å². The van der Waals surface area contributed by atoms with Crippen LogP contribution in [0, 0.1) is 11.6 Å². The fourth-order valence-electron chi connectivity index (χ4n) is 2.54. The summed E-state index contributed by atoms with van der Waals surface area (Å²) in [5.74, 6) is -3.41. The van der Waals surface area contributed by atoms with Gasteiger partial charge in [-0.2, -0.15) is 0 Å². The molecule has 0 unspecified atom stereocenters. The molecule has 0 radical (unpaired) electrons. The summed E-state index contributed by atoms with van der Waals surface area (Å²) < 4.78 is 26.7. The van der Waals surface area contributed by atoms with Crippen molar-refractivity contribution in [2.24, 2.45) is 0 Å². The molecule has 0 saturated heterocycles. The summed E-state index contributed by atoms with van der Waals surface area (Å²) in [6, 6.07) is 11.7. The van der Waals surface area contributed by atoms with Gasteiger partial charge in [0.15, 0.2) is 17.4 Å². The average molecular weight is 330 g/mol. The number of rotatable bonds is 5. The predicted molar refractivity (Wildman–Crippen MR) is 86.5 cm³/mol. The first-order valence-electron chi connectivity index (χ1n) is 7.53. The number of halogens is 2. The number of anilines is 1. The number of nitrogens with zero attached hydrogens (tertiary/aromatic N) is 1. The summed E-state index contributed by atoms with van der Waals surface area (Å²) in [6.45, 7) is 1.000. The molecule has 0 aliphatic carbocycles. The van der Waals surface area contributed by atoms with E-state index < -0.39 is 17.4 Å². The molecule has 1 amide bonds. The Morgan fingerprint density at radius 3 is 2.46 bits per heavy atom. The number of aromatic hydroxyl groups is 1. The molecule has 1 aliphatic heterocycles. The first-order chi connectivity index (χ1) is 11.5. The van der Waals surface area contributed by atoms with Gasteiger partial charge in [0, 0.05) is 30.9 Å². The molecule has 124 valence electrons. The van der Waals surface area contributed by atoms with E-state index in [9.17, 15) is 13.6 Å². The van der Waals surface area contributed by atoms with E-state index in [-0.39, 0.29) is 17.3 Å². The highest BCUT2D eigenvalue weighted by Crippen LogP contribution is 2.25. The van der Waals surface area contributed by atoms with Gasteiger partial charge in [-0.05, 0) is 18.1 Å². The maximum Gasteiger partial charge on any atom is 0.270 e. The van der Waals surface area contributed by atoms with Crippen LogP contribution in [-0.4, -0.2) is 29.0 Å². The van der Waals surface area contributed by atoms with Crippen LogP contribution in [0.15, 0.2) is 54.2 Å². The van der Waals surface area contributed by atoms with Crippen molar-refractivity contribution in [2.75, 3.05) is 18.4 Å². The fourth-order valence-corrected chi connectivity index (χ4v) is 2.54. The maximum atomic E-state index is 13.4. The molecule has 0 saturated carbocycles. The summed E-state index contributed by atoms with van der Waals surface area (Å²) in [5.41, 5.74) is 1.48. The van der Waals surface area contributed by atoms with E-state index in [2.05, 4.69) is 5.32 Å². The van der Waals surface area contributed by atoms with E-state index in [1.165, 1.54) is 0 Å². The van der Waals surface area contributed by atoms with Gasteiger partial charge in [0.2, 0.25) is 0 Å². The molecule has 0 spiro atoms. The first kappa shape index (κ1) is 16.0. The molecule has 3 rings (SSSR count). The number of phenols is 1. The minimum Gasteiger partial charge on any atom is -0.503 e. The monoisotopic (exact) mass is 330 g/mol. The van der Waals surface area contributed by atoms with Gasteiger partial charge in [0.1, 0.15) is 5.70 Å². The van der Waals surface area contributed by atoms with E-state index in [0.29, 0.717) is 13.1 Å². The molecular formula is C18H16F2N2O2. The summed E-state index contributed by atoms with van der Waals surface area (Å²) in [4.78, 5) is 14.0.